The van der Waals surface area contributed by atoms with Gasteiger partial charge >= 0.3 is 0 Å². The third-order valence-electron chi connectivity index (χ3n) is 5.12. The number of carbonyl (C=O) groups excluding carboxylic acids is 1. The van der Waals surface area contributed by atoms with Crippen molar-refractivity contribution in [2.45, 2.75) is 38.6 Å². The lowest BCUT2D eigenvalue weighted by Gasteiger charge is -2.25. The van der Waals surface area contributed by atoms with Crippen LogP contribution in [0.3, 0.4) is 0 Å². The maximum atomic E-state index is 12.6. The van der Waals surface area contributed by atoms with Crippen molar-refractivity contribution in [1.29, 1.82) is 0 Å². The Morgan fingerprint density at radius 3 is 2.70 bits per heavy atom. The van der Waals surface area contributed by atoms with E-state index in [1.54, 1.807) is 0 Å². The largest absolute Gasteiger partial charge is 0.494 e. The molecule has 23 heavy (non-hydrogen) atoms. The summed E-state index contributed by atoms with van der Waals surface area (Å²) in [6.45, 7) is 6.90. The number of benzene rings is 1. The van der Waals surface area contributed by atoms with Gasteiger partial charge in [-0.05, 0) is 50.9 Å². The second-order valence-electron chi connectivity index (χ2n) is 6.82. The first-order chi connectivity index (χ1) is 11.2. The summed E-state index contributed by atoms with van der Waals surface area (Å²) in [6, 6.07) is 10.4. The average Bonchev–Trinajstić information content (AvgIpc) is 3.26. The van der Waals surface area contributed by atoms with E-state index < -0.39 is 0 Å². The highest BCUT2D eigenvalue weighted by atomic mass is 16.5. The number of likely N-dealkylation sites (tertiary alicyclic amines) is 2. The summed E-state index contributed by atoms with van der Waals surface area (Å²) >= 11 is 0. The Kier molecular flexibility index (Phi) is 5.55. The van der Waals surface area contributed by atoms with Crippen LogP contribution in [0.1, 0.15) is 32.6 Å². The summed E-state index contributed by atoms with van der Waals surface area (Å²) in [4.78, 5) is 17.2. The predicted molar refractivity (Wildman–Crippen MR) is 91.5 cm³/mol. The van der Waals surface area contributed by atoms with Gasteiger partial charge in [-0.3, -0.25) is 9.69 Å². The van der Waals surface area contributed by atoms with Crippen LogP contribution in [0, 0.1) is 5.92 Å². The quantitative estimate of drug-likeness (QED) is 0.809. The number of hydrogen-bond donors (Lipinski definition) is 0. The van der Waals surface area contributed by atoms with Crippen LogP contribution in [0.5, 0.6) is 5.75 Å². The van der Waals surface area contributed by atoms with Crippen LogP contribution < -0.4 is 4.74 Å². The third-order valence-corrected chi connectivity index (χ3v) is 5.12. The molecule has 2 fully saturated rings. The van der Waals surface area contributed by atoms with Crippen LogP contribution in [0.2, 0.25) is 0 Å². The van der Waals surface area contributed by atoms with Crippen LogP contribution in [0.25, 0.3) is 0 Å². The summed E-state index contributed by atoms with van der Waals surface area (Å²) in [5.74, 6) is 1.21. The first kappa shape index (κ1) is 16.3. The predicted octanol–water partition coefficient (Wildman–Crippen LogP) is 2.79. The maximum absolute atomic E-state index is 12.6. The molecule has 0 spiro atoms. The molecule has 4 heteroatoms. The van der Waals surface area contributed by atoms with Crippen LogP contribution in [0.4, 0.5) is 0 Å². The van der Waals surface area contributed by atoms with Crippen LogP contribution in [0.15, 0.2) is 30.3 Å². The van der Waals surface area contributed by atoms with E-state index in [4.69, 9.17) is 4.74 Å². The number of carbonyl (C=O) groups is 1. The van der Waals surface area contributed by atoms with Gasteiger partial charge in [-0.2, -0.15) is 0 Å². The van der Waals surface area contributed by atoms with Gasteiger partial charge in [-0.15, -0.1) is 0 Å². The fourth-order valence-corrected chi connectivity index (χ4v) is 3.65. The molecule has 2 aliphatic heterocycles. The van der Waals surface area contributed by atoms with E-state index in [9.17, 15) is 4.79 Å². The molecule has 2 heterocycles. The van der Waals surface area contributed by atoms with Crippen molar-refractivity contribution in [2.75, 3.05) is 32.8 Å². The minimum absolute atomic E-state index is 0.0380. The molecule has 3 rings (SSSR count). The molecule has 4 nitrogen and oxygen atoms in total. The minimum atomic E-state index is 0.0380. The van der Waals surface area contributed by atoms with Gasteiger partial charge in [0, 0.05) is 25.0 Å². The number of hydrogen-bond acceptors (Lipinski definition) is 3. The van der Waals surface area contributed by atoms with E-state index in [1.165, 1.54) is 25.9 Å². The van der Waals surface area contributed by atoms with Crippen molar-refractivity contribution in [3.63, 3.8) is 0 Å². The standard InChI is InChI=1S/C19H28N2O2/c1-16(10-14-23-18-7-3-2-4-8-18)19(22)21-13-9-17(15-21)20-11-5-6-12-20/h2-4,7-8,16-17H,5-6,9-15H2,1H3/t16-,17+/m0/s1. The van der Waals surface area contributed by atoms with Gasteiger partial charge < -0.3 is 9.64 Å². The molecular weight excluding hydrogens is 288 g/mol. The number of rotatable bonds is 6. The van der Waals surface area contributed by atoms with E-state index in [1.807, 2.05) is 37.3 Å². The fraction of sp³-hybridized carbons (Fsp3) is 0.632. The highest BCUT2D eigenvalue weighted by Gasteiger charge is 2.32. The smallest absolute Gasteiger partial charge is 0.225 e. The van der Waals surface area contributed by atoms with Crippen molar-refractivity contribution >= 4 is 5.91 Å². The van der Waals surface area contributed by atoms with E-state index in [0.29, 0.717) is 18.6 Å². The van der Waals surface area contributed by atoms with Crippen molar-refractivity contribution in [3.8, 4) is 5.75 Å². The fourth-order valence-electron chi connectivity index (χ4n) is 3.65. The van der Waals surface area contributed by atoms with Crippen LogP contribution in [-0.4, -0.2) is 54.5 Å². The number of nitrogens with zero attached hydrogens (tertiary/aromatic N) is 2. The topological polar surface area (TPSA) is 32.8 Å². The van der Waals surface area contributed by atoms with Crippen molar-refractivity contribution < 1.29 is 9.53 Å². The van der Waals surface area contributed by atoms with E-state index in [0.717, 1.165) is 31.7 Å². The van der Waals surface area contributed by atoms with Gasteiger partial charge in [0.15, 0.2) is 0 Å². The molecular formula is C19H28N2O2. The lowest BCUT2D eigenvalue weighted by molar-refractivity contribution is -0.134. The lowest BCUT2D eigenvalue weighted by Crippen LogP contribution is -2.39. The number of ether oxygens (including phenoxy) is 1. The summed E-state index contributed by atoms with van der Waals surface area (Å²) < 4.78 is 5.71. The molecule has 1 aromatic carbocycles. The summed E-state index contributed by atoms with van der Waals surface area (Å²) in [5, 5.41) is 0. The zero-order valence-electron chi connectivity index (χ0n) is 14.1. The Morgan fingerprint density at radius 2 is 1.96 bits per heavy atom. The van der Waals surface area contributed by atoms with Gasteiger partial charge in [0.2, 0.25) is 5.91 Å². The van der Waals surface area contributed by atoms with Gasteiger partial charge in [-0.25, -0.2) is 0 Å². The van der Waals surface area contributed by atoms with Crippen LogP contribution in [-0.2, 0) is 4.79 Å². The average molecular weight is 316 g/mol. The molecule has 2 atom stereocenters. The molecule has 1 aromatic rings. The molecule has 0 aromatic heterocycles. The first-order valence-electron chi connectivity index (χ1n) is 8.95. The Labute approximate surface area is 139 Å². The van der Waals surface area contributed by atoms with Gasteiger partial charge in [0.1, 0.15) is 5.75 Å². The van der Waals surface area contributed by atoms with Gasteiger partial charge in [0.05, 0.1) is 6.61 Å². The molecule has 0 bridgehead atoms. The Morgan fingerprint density at radius 1 is 1.22 bits per heavy atom. The van der Waals surface area contributed by atoms with Gasteiger partial charge in [0.25, 0.3) is 0 Å². The molecule has 126 valence electrons. The Hall–Kier alpha value is -1.55. The second-order valence-corrected chi connectivity index (χ2v) is 6.82. The molecule has 2 saturated heterocycles. The maximum Gasteiger partial charge on any atom is 0.225 e. The molecule has 0 saturated carbocycles. The number of para-hydroxylation sites is 1. The van der Waals surface area contributed by atoms with Crippen molar-refractivity contribution in [1.82, 2.24) is 9.80 Å². The normalized spacial score (nSPS) is 23.2. The third kappa shape index (κ3) is 4.25. The highest BCUT2D eigenvalue weighted by Crippen LogP contribution is 2.22. The minimum Gasteiger partial charge on any atom is -0.494 e. The summed E-state index contributed by atoms with van der Waals surface area (Å²) in [5.41, 5.74) is 0. The highest BCUT2D eigenvalue weighted by molar-refractivity contribution is 5.78. The SMILES string of the molecule is C[C@@H](CCOc1ccccc1)C(=O)N1CC[C@@H](N2CCCC2)C1. The Bertz CT molecular complexity index is 499. The second kappa shape index (κ2) is 7.82. The van der Waals surface area contributed by atoms with Crippen molar-refractivity contribution in [3.05, 3.63) is 30.3 Å². The lowest BCUT2D eigenvalue weighted by atomic mass is 10.1. The zero-order valence-corrected chi connectivity index (χ0v) is 14.1. The van der Waals surface area contributed by atoms with E-state index >= 15 is 0 Å². The van der Waals surface area contributed by atoms with E-state index in [2.05, 4.69) is 9.80 Å². The molecule has 0 aliphatic carbocycles. The Balaban J connectivity index is 1.41. The van der Waals surface area contributed by atoms with E-state index in [-0.39, 0.29) is 5.92 Å². The molecule has 2 aliphatic rings. The van der Waals surface area contributed by atoms with Crippen LogP contribution >= 0.6 is 0 Å². The van der Waals surface area contributed by atoms with Gasteiger partial charge in [-0.1, -0.05) is 25.1 Å². The molecule has 1 amide bonds. The summed E-state index contributed by atoms with van der Waals surface area (Å²) in [7, 11) is 0. The zero-order chi connectivity index (χ0) is 16.1. The first-order valence-corrected chi connectivity index (χ1v) is 8.95. The molecule has 0 unspecified atom stereocenters. The monoisotopic (exact) mass is 316 g/mol. The summed E-state index contributed by atoms with van der Waals surface area (Å²) in [6.07, 6.45) is 4.55. The molecule has 0 radical (unpaired) electrons. The van der Waals surface area contributed by atoms with Crippen molar-refractivity contribution in [2.24, 2.45) is 5.92 Å². The molecule has 0 N–H and O–H groups in total. The number of amides is 1.